The van der Waals surface area contributed by atoms with E-state index in [1.165, 1.54) is 0 Å². The summed E-state index contributed by atoms with van der Waals surface area (Å²) in [6, 6.07) is 9.23. The fraction of sp³-hybridized carbons (Fsp3) is 0.154. The lowest BCUT2D eigenvalue weighted by molar-refractivity contribution is 0.282. The molecule has 1 heterocycles. The number of hydrogen-bond donors (Lipinski definition) is 2. The summed E-state index contributed by atoms with van der Waals surface area (Å²) in [7, 11) is 0. The van der Waals surface area contributed by atoms with Crippen molar-refractivity contribution in [2.24, 2.45) is 0 Å². The molecule has 0 aliphatic carbocycles. The van der Waals surface area contributed by atoms with Crippen LogP contribution in [0.4, 0.5) is 11.5 Å². The molecule has 0 unspecified atom stereocenters. The highest BCUT2D eigenvalue weighted by Crippen LogP contribution is 2.24. The molecule has 0 atom stereocenters. The van der Waals surface area contributed by atoms with E-state index in [0.29, 0.717) is 10.8 Å². The van der Waals surface area contributed by atoms with Gasteiger partial charge in [-0.2, -0.15) is 0 Å². The lowest BCUT2D eigenvalue weighted by Crippen LogP contribution is -2.00. The number of aromatic nitrogens is 1. The van der Waals surface area contributed by atoms with E-state index < -0.39 is 0 Å². The van der Waals surface area contributed by atoms with E-state index in [4.69, 9.17) is 11.6 Å². The summed E-state index contributed by atoms with van der Waals surface area (Å²) < 4.78 is 0. The molecule has 0 radical (unpaired) electrons. The van der Waals surface area contributed by atoms with Crippen LogP contribution in [-0.2, 0) is 6.61 Å². The molecule has 2 aromatic rings. The third kappa shape index (κ3) is 2.75. The van der Waals surface area contributed by atoms with E-state index in [-0.39, 0.29) is 6.61 Å². The molecule has 1 aromatic carbocycles. The average Bonchev–Trinajstić information content (AvgIpc) is 2.33. The minimum Gasteiger partial charge on any atom is -0.392 e. The molecule has 0 aliphatic rings. The second-order valence-corrected chi connectivity index (χ2v) is 4.19. The molecule has 2 rings (SSSR count). The van der Waals surface area contributed by atoms with E-state index >= 15 is 0 Å². The Morgan fingerprint density at radius 3 is 2.88 bits per heavy atom. The summed E-state index contributed by atoms with van der Waals surface area (Å²) in [6.45, 7) is 1.93. The highest BCUT2D eigenvalue weighted by atomic mass is 35.5. The molecule has 3 nitrogen and oxygen atoms in total. The second kappa shape index (κ2) is 5.17. The Kier molecular flexibility index (Phi) is 3.61. The van der Waals surface area contributed by atoms with Crippen molar-refractivity contribution in [1.29, 1.82) is 0 Å². The van der Waals surface area contributed by atoms with Crippen molar-refractivity contribution in [3.8, 4) is 0 Å². The molecule has 88 valence electrons. The van der Waals surface area contributed by atoms with Crippen molar-refractivity contribution in [2.45, 2.75) is 13.5 Å². The number of hydrogen-bond acceptors (Lipinski definition) is 3. The van der Waals surface area contributed by atoms with Crippen molar-refractivity contribution < 1.29 is 5.11 Å². The van der Waals surface area contributed by atoms with E-state index in [0.717, 1.165) is 16.8 Å². The summed E-state index contributed by atoms with van der Waals surface area (Å²) >= 11 is 5.90. The molecule has 17 heavy (non-hydrogen) atoms. The van der Waals surface area contributed by atoms with E-state index in [2.05, 4.69) is 10.3 Å². The summed E-state index contributed by atoms with van der Waals surface area (Å²) in [4.78, 5) is 4.20. The molecule has 0 saturated heterocycles. The molecular weight excluding hydrogens is 236 g/mol. The Morgan fingerprint density at radius 1 is 1.35 bits per heavy atom. The van der Waals surface area contributed by atoms with Gasteiger partial charge in [-0.3, -0.25) is 0 Å². The Morgan fingerprint density at radius 2 is 2.18 bits per heavy atom. The number of pyridine rings is 1. The van der Waals surface area contributed by atoms with Crippen LogP contribution in [0.2, 0.25) is 5.02 Å². The molecule has 1 aromatic heterocycles. The van der Waals surface area contributed by atoms with Gasteiger partial charge in [-0.15, -0.1) is 0 Å². The first-order valence-electron chi connectivity index (χ1n) is 5.28. The van der Waals surface area contributed by atoms with Crippen molar-refractivity contribution >= 4 is 23.1 Å². The van der Waals surface area contributed by atoms with Crippen LogP contribution in [0.25, 0.3) is 0 Å². The molecular formula is C13H13ClN2O. The van der Waals surface area contributed by atoms with Crippen molar-refractivity contribution in [3.63, 3.8) is 0 Å². The van der Waals surface area contributed by atoms with Crippen LogP contribution in [0.15, 0.2) is 36.5 Å². The van der Waals surface area contributed by atoms with Crippen LogP contribution in [0.3, 0.4) is 0 Å². The van der Waals surface area contributed by atoms with Crippen LogP contribution in [0, 0.1) is 6.92 Å². The lowest BCUT2D eigenvalue weighted by Gasteiger charge is -2.11. The predicted octanol–water partition coefficient (Wildman–Crippen LogP) is 3.28. The maximum Gasteiger partial charge on any atom is 0.135 e. The first-order chi connectivity index (χ1) is 8.20. The summed E-state index contributed by atoms with van der Waals surface area (Å²) in [5, 5.41) is 13.1. The quantitative estimate of drug-likeness (QED) is 0.876. The van der Waals surface area contributed by atoms with Gasteiger partial charge < -0.3 is 10.4 Å². The minimum atomic E-state index is -0.0389. The summed E-state index contributed by atoms with van der Waals surface area (Å²) in [5.41, 5.74) is 2.73. The highest BCUT2D eigenvalue weighted by molar-refractivity contribution is 6.30. The Bertz CT molecular complexity index is 529. The van der Waals surface area contributed by atoms with Crippen LogP contribution < -0.4 is 5.32 Å². The smallest absolute Gasteiger partial charge is 0.135 e. The number of aliphatic hydroxyl groups excluding tert-OH is 1. The molecule has 0 saturated carbocycles. The van der Waals surface area contributed by atoms with Crippen LogP contribution >= 0.6 is 11.6 Å². The van der Waals surface area contributed by atoms with E-state index in [1.807, 2.05) is 31.2 Å². The maximum absolute atomic E-state index is 9.21. The topological polar surface area (TPSA) is 45.2 Å². The molecule has 2 N–H and O–H groups in total. The van der Waals surface area contributed by atoms with Crippen LogP contribution in [0.1, 0.15) is 11.1 Å². The Labute approximate surface area is 105 Å². The SMILES string of the molecule is Cc1cc(Cl)ccc1Nc1ncccc1CO. The van der Waals surface area contributed by atoms with Gasteiger partial charge in [0.25, 0.3) is 0 Å². The monoisotopic (exact) mass is 248 g/mol. The van der Waals surface area contributed by atoms with Gasteiger partial charge in [0.1, 0.15) is 5.82 Å². The third-order valence-corrected chi connectivity index (χ3v) is 2.74. The molecule has 4 heteroatoms. The number of nitrogens with one attached hydrogen (secondary N) is 1. The zero-order valence-corrected chi connectivity index (χ0v) is 10.2. The number of anilines is 2. The predicted molar refractivity (Wildman–Crippen MR) is 69.6 cm³/mol. The highest BCUT2D eigenvalue weighted by Gasteiger charge is 2.04. The zero-order valence-electron chi connectivity index (χ0n) is 9.44. The number of nitrogens with zero attached hydrogens (tertiary/aromatic N) is 1. The summed E-state index contributed by atoms with van der Waals surface area (Å²) in [6.07, 6.45) is 1.69. The van der Waals surface area contributed by atoms with Gasteiger partial charge in [-0.25, -0.2) is 4.98 Å². The van der Waals surface area contributed by atoms with Gasteiger partial charge in [-0.05, 0) is 36.8 Å². The van der Waals surface area contributed by atoms with Crippen molar-refractivity contribution in [2.75, 3.05) is 5.32 Å². The van der Waals surface area contributed by atoms with Gasteiger partial charge in [0.05, 0.1) is 6.61 Å². The van der Waals surface area contributed by atoms with Gasteiger partial charge in [-0.1, -0.05) is 17.7 Å². The number of benzene rings is 1. The van der Waals surface area contributed by atoms with Crippen molar-refractivity contribution in [1.82, 2.24) is 4.98 Å². The minimum absolute atomic E-state index is 0.0389. The number of halogens is 1. The maximum atomic E-state index is 9.21. The zero-order chi connectivity index (χ0) is 12.3. The van der Waals surface area contributed by atoms with Gasteiger partial charge in [0.15, 0.2) is 0 Å². The Hall–Kier alpha value is -1.58. The van der Waals surface area contributed by atoms with Crippen LogP contribution in [0.5, 0.6) is 0 Å². The van der Waals surface area contributed by atoms with Gasteiger partial charge in [0, 0.05) is 22.5 Å². The van der Waals surface area contributed by atoms with E-state index in [9.17, 15) is 5.11 Å². The summed E-state index contributed by atoms with van der Waals surface area (Å²) in [5.74, 6) is 0.667. The normalized spacial score (nSPS) is 10.3. The lowest BCUT2D eigenvalue weighted by atomic mass is 10.2. The number of aryl methyl sites for hydroxylation is 1. The van der Waals surface area contributed by atoms with Crippen LogP contribution in [-0.4, -0.2) is 10.1 Å². The number of aliphatic hydroxyl groups is 1. The third-order valence-electron chi connectivity index (χ3n) is 2.50. The molecule has 0 fully saturated rings. The second-order valence-electron chi connectivity index (χ2n) is 3.75. The average molecular weight is 249 g/mol. The molecule has 0 spiro atoms. The fourth-order valence-corrected chi connectivity index (χ4v) is 1.80. The first kappa shape index (κ1) is 11.9. The molecule has 0 amide bonds. The fourth-order valence-electron chi connectivity index (χ4n) is 1.57. The van der Waals surface area contributed by atoms with E-state index in [1.54, 1.807) is 12.3 Å². The molecule has 0 aliphatic heterocycles. The first-order valence-corrected chi connectivity index (χ1v) is 5.66. The Balaban J connectivity index is 2.31. The van der Waals surface area contributed by atoms with Crippen molar-refractivity contribution in [3.05, 3.63) is 52.7 Å². The standard InChI is InChI=1S/C13H13ClN2O/c1-9-7-11(14)4-5-12(9)16-13-10(8-17)3-2-6-15-13/h2-7,17H,8H2,1H3,(H,15,16). The largest absolute Gasteiger partial charge is 0.392 e. The number of rotatable bonds is 3. The van der Waals surface area contributed by atoms with Gasteiger partial charge >= 0.3 is 0 Å². The molecule has 0 bridgehead atoms. The van der Waals surface area contributed by atoms with Gasteiger partial charge in [0.2, 0.25) is 0 Å².